The van der Waals surface area contributed by atoms with E-state index in [1.165, 1.54) is 0 Å². The third-order valence-corrected chi connectivity index (χ3v) is 3.33. The molecule has 0 fully saturated rings. The van der Waals surface area contributed by atoms with Crippen molar-refractivity contribution in [1.82, 2.24) is 9.97 Å². The lowest BCUT2D eigenvalue weighted by molar-refractivity contribution is 1.11. The standard InChI is InChI=1S/C16H15N3/c1-2-11-9-13(10-19-16(11)17)14-7-3-5-12-6-4-8-18-15(12)14/h3-10H,2H2,1H3,(H2,17,19). The van der Waals surface area contributed by atoms with Crippen LogP contribution in [0, 0.1) is 0 Å². The van der Waals surface area contributed by atoms with Gasteiger partial charge in [0.2, 0.25) is 0 Å². The minimum atomic E-state index is 0.611. The fraction of sp³-hybridized carbons (Fsp3) is 0.125. The molecule has 0 amide bonds. The first-order chi connectivity index (χ1) is 9.29. The van der Waals surface area contributed by atoms with Crippen molar-refractivity contribution in [1.29, 1.82) is 0 Å². The van der Waals surface area contributed by atoms with Crippen LogP contribution >= 0.6 is 0 Å². The summed E-state index contributed by atoms with van der Waals surface area (Å²) >= 11 is 0. The van der Waals surface area contributed by atoms with E-state index in [-0.39, 0.29) is 0 Å². The van der Waals surface area contributed by atoms with Crippen molar-refractivity contribution in [2.24, 2.45) is 0 Å². The number of nitrogen functional groups attached to an aromatic ring is 1. The average Bonchev–Trinajstić information content (AvgIpc) is 2.47. The maximum absolute atomic E-state index is 5.86. The zero-order valence-corrected chi connectivity index (χ0v) is 10.8. The highest BCUT2D eigenvalue weighted by Crippen LogP contribution is 2.28. The molecule has 0 aliphatic heterocycles. The molecule has 0 radical (unpaired) electrons. The van der Waals surface area contributed by atoms with Gasteiger partial charge in [0.05, 0.1) is 5.52 Å². The van der Waals surface area contributed by atoms with Crippen molar-refractivity contribution in [2.45, 2.75) is 13.3 Å². The Morgan fingerprint density at radius 1 is 1.11 bits per heavy atom. The number of benzene rings is 1. The maximum Gasteiger partial charge on any atom is 0.126 e. The number of para-hydroxylation sites is 1. The average molecular weight is 249 g/mol. The lowest BCUT2D eigenvalue weighted by Crippen LogP contribution is -1.97. The molecule has 0 bridgehead atoms. The van der Waals surface area contributed by atoms with Gasteiger partial charge in [-0.15, -0.1) is 0 Å². The summed E-state index contributed by atoms with van der Waals surface area (Å²) in [6.07, 6.45) is 4.51. The van der Waals surface area contributed by atoms with E-state index in [0.29, 0.717) is 5.82 Å². The van der Waals surface area contributed by atoms with E-state index >= 15 is 0 Å². The van der Waals surface area contributed by atoms with Crippen LogP contribution in [0.5, 0.6) is 0 Å². The van der Waals surface area contributed by atoms with Crippen molar-refractivity contribution < 1.29 is 0 Å². The molecule has 1 aromatic carbocycles. The Bertz CT molecular complexity index is 730. The van der Waals surface area contributed by atoms with Crippen LogP contribution in [0.25, 0.3) is 22.0 Å². The first kappa shape index (κ1) is 11.7. The Morgan fingerprint density at radius 3 is 2.79 bits per heavy atom. The summed E-state index contributed by atoms with van der Waals surface area (Å²) in [6, 6.07) is 12.3. The molecule has 3 rings (SSSR count). The highest BCUT2D eigenvalue weighted by molar-refractivity contribution is 5.93. The summed E-state index contributed by atoms with van der Waals surface area (Å²) in [4.78, 5) is 8.76. The summed E-state index contributed by atoms with van der Waals surface area (Å²) in [6.45, 7) is 2.08. The predicted octanol–water partition coefficient (Wildman–Crippen LogP) is 3.44. The molecule has 2 heterocycles. The first-order valence-electron chi connectivity index (χ1n) is 6.38. The van der Waals surface area contributed by atoms with Gasteiger partial charge in [-0.3, -0.25) is 4.98 Å². The van der Waals surface area contributed by atoms with Crippen LogP contribution in [-0.2, 0) is 6.42 Å². The zero-order valence-electron chi connectivity index (χ0n) is 10.8. The molecule has 3 nitrogen and oxygen atoms in total. The van der Waals surface area contributed by atoms with Gasteiger partial charge in [0.1, 0.15) is 5.82 Å². The number of pyridine rings is 2. The summed E-state index contributed by atoms with van der Waals surface area (Å²) in [5, 5.41) is 1.13. The number of nitrogens with two attached hydrogens (primary N) is 1. The second-order valence-electron chi connectivity index (χ2n) is 4.50. The van der Waals surface area contributed by atoms with E-state index in [9.17, 15) is 0 Å². The number of nitrogens with zero attached hydrogens (tertiary/aromatic N) is 2. The Balaban J connectivity index is 2.24. The van der Waals surface area contributed by atoms with E-state index < -0.39 is 0 Å². The third kappa shape index (κ3) is 2.03. The zero-order chi connectivity index (χ0) is 13.2. The highest BCUT2D eigenvalue weighted by atomic mass is 14.8. The molecule has 0 aliphatic carbocycles. The van der Waals surface area contributed by atoms with Crippen molar-refractivity contribution in [3.8, 4) is 11.1 Å². The van der Waals surface area contributed by atoms with Crippen molar-refractivity contribution in [2.75, 3.05) is 5.73 Å². The Labute approximate surface area is 112 Å². The fourth-order valence-electron chi connectivity index (χ4n) is 2.29. The van der Waals surface area contributed by atoms with Crippen molar-refractivity contribution in [3.05, 3.63) is 54.4 Å². The molecule has 0 unspecified atom stereocenters. The molecule has 3 heteroatoms. The Hall–Kier alpha value is -2.42. The molecule has 0 saturated heterocycles. The number of rotatable bonds is 2. The number of hydrogen-bond donors (Lipinski definition) is 1. The minimum Gasteiger partial charge on any atom is -0.383 e. The fourth-order valence-corrected chi connectivity index (χ4v) is 2.29. The molecule has 2 N–H and O–H groups in total. The van der Waals surface area contributed by atoms with Gasteiger partial charge in [0.25, 0.3) is 0 Å². The van der Waals surface area contributed by atoms with Crippen LogP contribution in [0.3, 0.4) is 0 Å². The van der Waals surface area contributed by atoms with Crippen LogP contribution < -0.4 is 5.73 Å². The topological polar surface area (TPSA) is 51.8 Å². The highest BCUT2D eigenvalue weighted by Gasteiger charge is 2.07. The molecule has 19 heavy (non-hydrogen) atoms. The van der Waals surface area contributed by atoms with Gasteiger partial charge in [-0.25, -0.2) is 4.98 Å². The second kappa shape index (κ2) is 4.69. The minimum absolute atomic E-state index is 0.611. The van der Waals surface area contributed by atoms with Crippen LogP contribution in [-0.4, -0.2) is 9.97 Å². The SMILES string of the molecule is CCc1cc(-c2cccc3cccnc23)cnc1N. The summed E-state index contributed by atoms with van der Waals surface area (Å²) in [5.41, 5.74) is 10.1. The Morgan fingerprint density at radius 2 is 1.95 bits per heavy atom. The van der Waals surface area contributed by atoms with Crippen molar-refractivity contribution in [3.63, 3.8) is 0 Å². The van der Waals surface area contributed by atoms with Gasteiger partial charge < -0.3 is 5.73 Å². The van der Waals surface area contributed by atoms with Crippen LogP contribution in [0.4, 0.5) is 5.82 Å². The largest absolute Gasteiger partial charge is 0.383 e. The lowest BCUT2D eigenvalue weighted by Gasteiger charge is -2.08. The summed E-state index contributed by atoms with van der Waals surface area (Å²) < 4.78 is 0. The molecule has 94 valence electrons. The monoisotopic (exact) mass is 249 g/mol. The smallest absolute Gasteiger partial charge is 0.126 e. The summed E-state index contributed by atoms with van der Waals surface area (Å²) in [5.74, 6) is 0.611. The van der Waals surface area contributed by atoms with Crippen LogP contribution in [0.2, 0.25) is 0 Å². The van der Waals surface area contributed by atoms with E-state index in [4.69, 9.17) is 5.73 Å². The lowest BCUT2D eigenvalue weighted by atomic mass is 10.0. The van der Waals surface area contributed by atoms with E-state index in [1.807, 2.05) is 24.5 Å². The number of aromatic nitrogens is 2. The van der Waals surface area contributed by atoms with E-state index in [2.05, 4.69) is 41.2 Å². The molecule has 0 saturated carbocycles. The van der Waals surface area contributed by atoms with Gasteiger partial charge >= 0.3 is 0 Å². The van der Waals surface area contributed by atoms with Gasteiger partial charge in [-0.05, 0) is 24.1 Å². The third-order valence-electron chi connectivity index (χ3n) is 3.33. The van der Waals surface area contributed by atoms with Gasteiger partial charge in [0.15, 0.2) is 0 Å². The quantitative estimate of drug-likeness (QED) is 0.757. The molecule has 2 aromatic heterocycles. The van der Waals surface area contributed by atoms with Gasteiger partial charge in [-0.1, -0.05) is 31.2 Å². The van der Waals surface area contributed by atoms with E-state index in [0.717, 1.165) is 34.0 Å². The van der Waals surface area contributed by atoms with E-state index in [1.54, 1.807) is 0 Å². The normalized spacial score (nSPS) is 10.8. The molecular formula is C16H15N3. The van der Waals surface area contributed by atoms with Crippen LogP contribution in [0.1, 0.15) is 12.5 Å². The van der Waals surface area contributed by atoms with Crippen LogP contribution in [0.15, 0.2) is 48.8 Å². The molecule has 3 aromatic rings. The molecular weight excluding hydrogens is 234 g/mol. The maximum atomic E-state index is 5.86. The second-order valence-corrected chi connectivity index (χ2v) is 4.50. The first-order valence-corrected chi connectivity index (χ1v) is 6.38. The van der Waals surface area contributed by atoms with Crippen molar-refractivity contribution >= 4 is 16.7 Å². The van der Waals surface area contributed by atoms with Gasteiger partial charge in [-0.2, -0.15) is 0 Å². The predicted molar refractivity (Wildman–Crippen MR) is 78.8 cm³/mol. The molecule has 0 spiro atoms. The Kier molecular flexibility index (Phi) is 2.88. The number of fused-ring (bicyclic) bond motifs is 1. The van der Waals surface area contributed by atoms with Gasteiger partial charge in [0, 0.05) is 28.9 Å². The number of anilines is 1. The molecule has 0 aliphatic rings. The number of aryl methyl sites for hydroxylation is 1. The summed E-state index contributed by atoms with van der Waals surface area (Å²) in [7, 11) is 0. The number of hydrogen-bond acceptors (Lipinski definition) is 3. The molecule has 0 atom stereocenters.